The predicted molar refractivity (Wildman–Crippen MR) is 138 cm³/mol. The summed E-state index contributed by atoms with van der Waals surface area (Å²) in [5.41, 5.74) is 5.16. The summed E-state index contributed by atoms with van der Waals surface area (Å²) >= 11 is 0. The van der Waals surface area contributed by atoms with Crippen LogP contribution in [0.5, 0.6) is 5.75 Å². The van der Waals surface area contributed by atoms with Crippen LogP contribution in [0.2, 0.25) is 0 Å². The number of ether oxygens (including phenoxy) is 2. The summed E-state index contributed by atoms with van der Waals surface area (Å²) in [6, 6.07) is 2.17. The third kappa shape index (κ3) is 5.02. The number of halogens is 4. The van der Waals surface area contributed by atoms with Crippen molar-refractivity contribution in [3.63, 3.8) is 0 Å². The lowest BCUT2D eigenvalue weighted by Gasteiger charge is -2.40. The first kappa shape index (κ1) is 28.6. The summed E-state index contributed by atoms with van der Waals surface area (Å²) in [5.74, 6) is -3.38. The Morgan fingerprint density at radius 1 is 1.15 bits per heavy atom. The Bertz CT molecular complexity index is 1400. The van der Waals surface area contributed by atoms with Gasteiger partial charge in [0.25, 0.3) is 0 Å². The zero-order valence-corrected chi connectivity index (χ0v) is 22.8. The fourth-order valence-electron chi connectivity index (χ4n) is 5.51. The van der Waals surface area contributed by atoms with Crippen LogP contribution in [0.4, 0.5) is 23.4 Å². The number of methoxy groups -OCH3 is 1. The number of hydrogen-bond acceptors (Lipinski definition) is 8. The van der Waals surface area contributed by atoms with Crippen molar-refractivity contribution in [2.75, 3.05) is 58.9 Å². The minimum atomic E-state index is -4.67. The van der Waals surface area contributed by atoms with Crippen molar-refractivity contribution in [1.29, 1.82) is 0 Å². The lowest BCUT2D eigenvalue weighted by Crippen LogP contribution is -2.61. The van der Waals surface area contributed by atoms with E-state index < -0.39 is 38.3 Å². The molecule has 1 atom stereocenters. The summed E-state index contributed by atoms with van der Waals surface area (Å²) < 4.78 is 95.2. The lowest BCUT2D eigenvalue weighted by atomic mass is 10.0. The number of sulfonamides is 1. The molecule has 0 amide bonds. The van der Waals surface area contributed by atoms with Gasteiger partial charge in [-0.15, -0.1) is 0 Å². The van der Waals surface area contributed by atoms with Crippen LogP contribution < -0.4 is 21.1 Å². The molecule has 0 spiro atoms. The first-order valence-electron chi connectivity index (χ1n) is 12.7. The van der Waals surface area contributed by atoms with Crippen LogP contribution in [0, 0.1) is 5.82 Å². The molecule has 40 heavy (non-hydrogen) atoms. The number of aromatic amines is 1. The Morgan fingerprint density at radius 2 is 1.82 bits per heavy atom. The van der Waals surface area contributed by atoms with Crippen LogP contribution in [0.25, 0.3) is 0 Å². The highest BCUT2D eigenvalue weighted by Crippen LogP contribution is 2.41. The van der Waals surface area contributed by atoms with Gasteiger partial charge < -0.3 is 25.1 Å². The van der Waals surface area contributed by atoms with Gasteiger partial charge in [-0.1, -0.05) is 0 Å². The Hall–Kier alpha value is -2.92. The summed E-state index contributed by atoms with van der Waals surface area (Å²) in [6.07, 6.45) is -2.69. The smallest absolute Gasteiger partial charge is 0.418 e. The molecule has 0 aliphatic carbocycles. The number of rotatable bonds is 5. The second kappa shape index (κ2) is 10.5. The standard InChI is InChI=1S/C24H31F4N7O4S/c1-30-21-20-16(23(26,27)28)13-31-22(20)33-24(29,32-21)15-11-17(25)19(12-18(15)38-2)40(36,37)35-5-3-14(4-6-35)34-7-9-39-10-8-34/h11-14,31,33H,3-10,29H2,1-2H3,(H,30,32). The summed E-state index contributed by atoms with van der Waals surface area (Å²) in [5, 5.41) is 5.40. The Balaban J connectivity index is 1.43. The van der Waals surface area contributed by atoms with Crippen molar-refractivity contribution in [2.45, 2.75) is 35.7 Å². The minimum absolute atomic E-state index is 0.0764. The highest BCUT2D eigenvalue weighted by molar-refractivity contribution is 7.89. The van der Waals surface area contributed by atoms with E-state index in [4.69, 9.17) is 15.2 Å². The third-order valence-electron chi connectivity index (χ3n) is 7.57. The van der Waals surface area contributed by atoms with Crippen LogP contribution in [0.3, 0.4) is 0 Å². The Morgan fingerprint density at radius 3 is 2.42 bits per heavy atom. The fraction of sp³-hybridized carbons (Fsp3) is 0.542. The zero-order chi connectivity index (χ0) is 28.9. The summed E-state index contributed by atoms with van der Waals surface area (Å²) in [4.78, 5) is 8.12. The third-order valence-corrected chi connectivity index (χ3v) is 9.48. The number of alkyl halides is 3. The average Bonchev–Trinajstić information content (AvgIpc) is 3.37. The number of benzene rings is 1. The number of nitrogens with two attached hydrogens (primary N) is 1. The van der Waals surface area contributed by atoms with Gasteiger partial charge in [-0.05, 0) is 18.9 Å². The molecule has 0 radical (unpaired) electrons. The molecule has 2 saturated heterocycles. The molecule has 0 saturated carbocycles. The zero-order valence-electron chi connectivity index (χ0n) is 21.9. The molecule has 0 bridgehead atoms. The molecule has 2 aromatic rings. The molecule has 220 valence electrons. The van der Waals surface area contributed by atoms with Crippen molar-refractivity contribution in [1.82, 2.24) is 19.5 Å². The number of aromatic nitrogens is 1. The molecule has 16 heteroatoms. The molecule has 3 aliphatic rings. The molecule has 5 rings (SSSR count). The monoisotopic (exact) mass is 589 g/mol. The van der Waals surface area contributed by atoms with Crippen LogP contribution in [0.1, 0.15) is 29.5 Å². The summed E-state index contributed by atoms with van der Waals surface area (Å²) in [7, 11) is -1.69. The number of nitrogens with one attached hydrogen (secondary N) is 3. The number of amidine groups is 1. The largest absolute Gasteiger partial charge is 0.496 e. The van der Waals surface area contributed by atoms with E-state index in [-0.39, 0.29) is 47.7 Å². The second-order valence-corrected chi connectivity index (χ2v) is 11.8. The van der Waals surface area contributed by atoms with E-state index in [1.807, 2.05) is 0 Å². The highest BCUT2D eigenvalue weighted by atomic mass is 32.2. The highest BCUT2D eigenvalue weighted by Gasteiger charge is 2.45. The first-order chi connectivity index (χ1) is 18.9. The number of morpholine rings is 1. The van der Waals surface area contributed by atoms with E-state index in [1.54, 1.807) is 0 Å². The quantitative estimate of drug-likeness (QED) is 0.388. The number of H-pyrrole nitrogens is 1. The Labute approximate surface area is 228 Å². The molecule has 1 unspecified atom stereocenters. The molecule has 5 N–H and O–H groups in total. The van der Waals surface area contributed by atoms with Gasteiger partial charge in [0.15, 0.2) is 5.79 Å². The van der Waals surface area contributed by atoms with Crippen molar-refractivity contribution in [3.05, 3.63) is 40.8 Å². The van der Waals surface area contributed by atoms with Gasteiger partial charge in [0.2, 0.25) is 10.0 Å². The molecule has 1 aromatic heterocycles. The number of piperidine rings is 1. The van der Waals surface area contributed by atoms with E-state index in [2.05, 4.69) is 25.5 Å². The maximum Gasteiger partial charge on any atom is 0.418 e. The second-order valence-electron chi connectivity index (χ2n) is 9.85. The van der Waals surface area contributed by atoms with Crippen LogP contribution in [0.15, 0.2) is 28.2 Å². The molecular weight excluding hydrogens is 558 g/mol. The molecule has 11 nitrogen and oxygen atoms in total. The van der Waals surface area contributed by atoms with Gasteiger partial charge in [0, 0.05) is 51.5 Å². The average molecular weight is 590 g/mol. The van der Waals surface area contributed by atoms with E-state index in [0.29, 0.717) is 26.1 Å². The molecular formula is C24H31F4N7O4S. The van der Waals surface area contributed by atoms with Crippen LogP contribution in [-0.2, 0) is 26.7 Å². The minimum Gasteiger partial charge on any atom is -0.496 e. The maximum absolute atomic E-state index is 15.6. The van der Waals surface area contributed by atoms with Crippen molar-refractivity contribution in [3.8, 4) is 5.75 Å². The SMILES string of the molecule is CN=C1NC(N)(c2cc(F)c(S(=O)(=O)N3CCC(N4CCOCC4)CC3)cc2OC)Nc2[nH]cc(C(F)(F)F)c21. The normalized spacial score (nSPS) is 24.4. The van der Waals surface area contributed by atoms with Crippen molar-refractivity contribution in [2.24, 2.45) is 10.7 Å². The Kier molecular flexibility index (Phi) is 7.50. The number of aliphatic imine (C=N–C) groups is 1. The van der Waals surface area contributed by atoms with Gasteiger partial charge in [0.05, 0.1) is 37.0 Å². The number of fused-ring (bicyclic) bond motifs is 1. The first-order valence-corrected chi connectivity index (χ1v) is 14.1. The molecule has 2 fully saturated rings. The van der Waals surface area contributed by atoms with Crippen LogP contribution in [-0.4, -0.2) is 88.0 Å². The topological polar surface area (TPSA) is 137 Å². The molecule has 4 heterocycles. The summed E-state index contributed by atoms with van der Waals surface area (Å²) in [6.45, 7) is 3.32. The van der Waals surface area contributed by atoms with Crippen molar-refractivity contribution < 1.29 is 35.5 Å². The van der Waals surface area contributed by atoms with Crippen molar-refractivity contribution >= 4 is 21.7 Å². The number of nitrogens with zero attached hydrogens (tertiary/aromatic N) is 3. The van der Waals surface area contributed by atoms with E-state index >= 15 is 4.39 Å². The van der Waals surface area contributed by atoms with Gasteiger partial charge in [-0.2, -0.15) is 17.5 Å². The maximum atomic E-state index is 15.6. The molecule has 1 aromatic carbocycles. The lowest BCUT2D eigenvalue weighted by molar-refractivity contribution is -0.137. The molecule has 3 aliphatic heterocycles. The van der Waals surface area contributed by atoms with Gasteiger partial charge in [-0.25, -0.2) is 12.8 Å². The fourth-order valence-corrected chi connectivity index (χ4v) is 7.04. The predicted octanol–water partition coefficient (Wildman–Crippen LogP) is 1.83. The van der Waals surface area contributed by atoms with E-state index in [9.17, 15) is 21.6 Å². The van der Waals surface area contributed by atoms with Gasteiger partial charge in [-0.3, -0.25) is 15.6 Å². The van der Waals surface area contributed by atoms with Gasteiger partial charge in [0.1, 0.15) is 28.1 Å². The van der Waals surface area contributed by atoms with E-state index in [1.165, 1.54) is 18.5 Å². The van der Waals surface area contributed by atoms with Gasteiger partial charge >= 0.3 is 6.18 Å². The number of anilines is 1. The van der Waals surface area contributed by atoms with E-state index in [0.717, 1.165) is 31.4 Å². The number of hydrogen-bond donors (Lipinski definition) is 4. The van der Waals surface area contributed by atoms with Crippen LogP contribution >= 0.6 is 0 Å².